The molecule has 0 saturated heterocycles. The first kappa shape index (κ1) is 14.4. The molecule has 0 aliphatic carbocycles. The second kappa shape index (κ2) is 6.10. The number of nitrogens with two attached hydrogens (primary N) is 1. The Morgan fingerprint density at radius 2 is 2.20 bits per heavy atom. The Balaban J connectivity index is 0.00000196. The Morgan fingerprint density at radius 3 is 2.73 bits per heavy atom. The molecule has 0 amide bonds. The number of phenolic OH excluding ortho intramolecular Hbond substituents is 1. The largest absolute Gasteiger partial charge is 0.506 e. The van der Waals surface area contributed by atoms with Crippen molar-refractivity contribution in [3.63, 3.8) is 0 Å². The summed E-state index contributed by atoms with van der Waals surface area (Å²) in [6.45, 7) is 3.51. The summed E-state index contributed by atoms with van der Waals surface area (Å²) in [5, 5.41) is 9.57. The number of benzene rings is 1. The third kappa shape index (κ3) is 3.19. The average Bonchev–Trinajstić information content (AvgIpc) is 2.13. The minimum atomic E-state index is -0.565. The Kier molecular flexibility index (Phi) is 5.87. The predicted octanol–water partition coefficient (Wildman–Crippen LogP) is 3.29. The maximum atomic E-state index is 13.3. The van der Waals surface area contributed by atoms with Crippen molar-refractivity contribution in [3.05, 3.63) is 40.6 Å². The van der Waals surface area contributed by atoms with Crippen LogP contribution in [0.2, 0.25) is 0 Å². The smallest absolute Gasteiger partial charge is 0.137 e. The van der Waals surface area contributed by atoms with Crippen molar-refractivity contribution < 1.29 is 9.50 Å². The maximum absolute atomic E-state index is 13.3. The molecule has 0 saturated carbocycles. The van der Waals surface area contributed by atoms with Gasteiger partial charge in [0.2, 0.25) is 0 Å². The average molecular weight is 297 g/mol. The number of hydrogen-bond acceptors (Lipinski definition) is 2. The molecular weight excluding hydrogens is 284 g/mol. The molecule has 1 aromatic carbocycles. The molecule has 0 heterocycles. The molecule has 0 radical (unpaired) electrons. The molecule has 15 heavy (non-hydrogen) atoms. The van der Waals surface area contributed by atoms with Crippen LogP contribution >= 0.6 is 28.3 Å². The molecule has 1 atom stereocenters. The van der Waals surface area contributed by atoms with Gasteiger partial charge in [0.05, 0.1) is 4.47 Å². The van der Waals surface area contributed by atoms with Gasteiger partial charge in [-0.25, -0.2) is 4.39 Å². The fraction of sp³-hybridized carbons (Fsp3) is 0.200. The molecule has 0 aliphatic rings. The second-order valence-corrected chi connectivity index (χ2v) is 3.78. The van der Waals surface area contributed by atoms with Crippen molar-refractivity contribution in [2.24, 2.45) is 5.73 Å². The summed E-state index contributed by atoms with van der Waals surface area (Å²) < 4.78 is 13.7. The van der Waals surface area contributed by atoms with Gasteiger partial charge in [0.15, 0.2) is 0 Å². The lowest BCUT2D eigenvalue weighted by atomic mass is 10.0. The lowest BCUT2D eigenvalue weighted by Crippen LogP contribution is -2.11. The van der Waals surface area contributed by atoms with E-state index in [0.717, 1.165) is 0 Å². The van der Waals surface area contributed by atoms with Gasteiger partial charge in [-0.1, -0.05) is 6.08 Å². The molecule has 0 unspecified atom stereocenters. The highest BCUT2D eigenvalue weighted by molar-refractivity contribution is 9.10. The highest BCUT2D eigenvalue weighted by Crippen LogP contribution is 2.34. The highest BCUT2D eigenvalue weighted by Gasteiger charge is 2.16. The Morgan fingerprint density at radius 1 is 1.60 bits per heavy atom. The van der Waals surface area contributed by atoms with E-state index in [1.807, 2.05) is 0 Å². The first-order valence-electron chi connectivity index (χ1n) is 4.11. The molecule has 84 valence electrons. The second-order valence-electron chi connectivity index (χ2n) is 2.92. The standard InChI is InChI=1S/C10H11BrFNO.ClH/c1-2-3-8(13)9-7(12)5-4-6(11)10(9)14;/h2,4-5,8,14H,1,3,13H2;1H/t8-;/m1./s1. The number of halogens is 3. The van der Waals surface area contributed by atoms with Crippen molar-refractivity contribution in [2.75, 3.05) is 0 Å². The Bertz CT molecular complexity index is 360. The SMILES string of the molecule is C=CC[C@@H](N)c1c(F)ccc(Br)c1O.Cl. The van der Waals surface area contributed by atoms with Gasteiger partial charge in [0, 0.05) is 11.6 Å². The van der Waals surface area contributed by atoms with Gasteiger partial charge < -0.3 is 10.8 Å². The van der Waals surface area contributed by atoms with Gasteiger partial charge >= 0.3 is 0 Å². The Labute approximate surface area is 103 Å². The fourth-order valence-electron chi connectivity index (χ4n) is 1.21. The molecular formula is C10H12BrClFNO. The van der Waals surface area contributed by atoms with Crippen LogP contribution in [-0.2, 0) is 0 Å². The molecule has 5 heteroatoms. The van der Waals surface area contributed by atoms with Crippen molar-refractivity contribution in [1.29, 1.82) is 0 Å². The van der Waals surface area contributed by atoms with Crippen molar-refractivity contribution in [1.82, 2.24) is 0 Å². The van der Waals surface area contributed by atoms with Gasteiger partial charge in [-0.3, -0.25) is 0 Å². The predicted molar refractivity (Wildman–Crippen MR) is 64.8 cm³/mol. The molecule has 0 aliphatic heterocycles. The van der Waals surface area contributed by atoms with E-state index < -0.39 is 11.9 Å². The van der Waals surface area contributed by atoms with E-state index in [-0.39, 0.29) is 23.7 Å². The van der Waals surface area contributed by atoms with Crippen LogP contribution < -0.4 is 5.73 Å². The molecule has 0 aromatic heterocycles. The van der Waals surface area contributed by atoms with Crippen molar-refractivity contribution in [2.45, 2.75) is 12.5 Å². The van der Waals surface area contributed by atoms with Gasteiger partial charge in [-0.2, -0.15) is 0 Å². The first-order chi connectivity index (χ1) is 6.57. The lowest BCUT2D eigenvalue weighted by Gasteiger charge is -2.13. The maximum Gasteiger partial charge on any atom is 0.137 e. The van der Waals surface area contributed by atoms with Crippen LogP contribution in [0.15, 0.2) is 29.3 Å². The fourth-order valence-corrected chi connectivity index (χ4v) is 1.55. The van der Waals surface area contributed by atoms with Crippen molar-refractivity contribution in [3.8, 4) is 5.75 Å². The van der Waals surface area contributed by atoms with E-state index in [1.54, 1.807) is 6.08 Å². The van der Waals surface area contributed by atoms with Crippen LogP contribution in [0.5, 0.6) is 5.75 Å². The van der Waals surface area contributed by atoms with Gasteiger partial charge in [-0.15, -0.1) is 19.0 Å². The van der Waals surface area contributed by atoms with Crippen LogP contribution in [0.3, 0.4) is 0 Å². The Hall–Kier alpha value is -0.580. The third-order valence-corrected chi connectivity index (χ3v) is 2.55. The summed E-state index contributed by atoms with van der Waals surface area (Å²) in [6, 6.07) is 2.14. The van der Waals surface area contributed by atoms with E-state index in [0.29, 0.717) is 10.9 Å². The number of hydrogen-bond donors (Lipinski definition) is 2. The summed E-state index contributed by atoms with van der Waals surface area (Å²) in [4.78, 5) is 0. The minimum Gasteiger partial charge on any atom is -0.506 e. The summed E-state index contributed by atoms with van der Waals surface area (Å²) in [5.74, 6) is -0.639. The van der Waals surface area contributed by atoms with E-state index in [4.69, 9.17) is 5.73 Å². The zero-order valence-electron chi connectivity index (χ0n) is 7.91. The molecule has 1 aromatic rings. The molecule has 0 spiro atoms. The van der Waals surface area contributed by atoms with Gasteiger partial charge in [-0.05, 0) is 34.5 Å². The summed E-state index contributed by atoms with van der Waals surface area (Å²) in [6.07, 6.45) is 2.01. The van der Waals surface area contributed by atoms with E-state index >= 15 is 0 Å². The molecule has 0 fully saturated rings. The first-order valence-corrected chi connectivity index (χ1v) is 4.90. The number of aromatic hydroxyl groups is 1. The summed E-state index contributed by atoms with van der Waals surface area (Å²) in [7, 11) is 0. The molecule has 1 rings (SSSR count). The summed E-state index contributed by atoms with van der Waals surface area (Å²) in [5.41, 5.74) is 5.81. The number of phenols is 1. The number of rotatable bonds is 3. The van der Waals surface area contributed by atoms with E-state index in [9.17, 15) is 9.50 Å². The van der Waals surface area contributed by atoms with Crippen LogP contribution in [0.4, 0.5) is 4.39 Å². The van der Waals surface area contributed by atoms with Crippen LogP contribution in [0.1, 0.15) is 18.0 Å². The van der Waals surface area contributed by atoms with Crippen LogP contribution in [0.25, 0.3) is 0 Å². The zero-order valence-corrected chi connectivity index (χ0v) is 10.3. The minimum absolute atomic E-state index is 0. The third-order valence-electron chi connectivity index (χ3n) is 1.91. The normalized spacial score (nSPS) is 11.7. The van der Waals surface area contributed by atoms with Gasteiger partial charge in [0.25, 0.3) is 0 Å². The van der Waals surface area contributed by atoms with Crippen LogP contribution in [0, 0.1) is 5.82 Å². The topological polar surface area (TPSA) is 46.2 Å². The van der Waals surface area contributed by atoms with E-state index in [1.165, 1.54) is 12.1 Å². The molecule has 0 bridgehead atoms. The molecule has 3 N–H and O–H groups in total. The highest BCUT2D eigenvalue weighted by atomic mass is 79.9. The zero-order chi connectivity index (χ0) is 10.7. The molecule has 2 nitrogen and oxygen atoms in total. The quantitative estimate of drug-likeness (QED) is 0.841. The van der Waals surface area contributed by atoms with Crippen molar-refractivity contribution >= 4 is 28.3 Å². The summed E-state index contributed by atoms with van der Waals surface area (Å²) >= 11 is 3.10. The monoisotopic (exact) mass is 295 g/mol. The lowest BCUT2D eigenvalue weighted by molar-refractivity contribution is 0.446. The van der Waals surface area contributed by atoms with E-state index in [2.05, 4.69) is 22.5 Å². The van der Waals surface area contributed by atoms with Gasteiger partial charge in [0.1, 0.15) is 11.6 Å². The van der Waals surface area contributed by atoms with Crippen LogP contribution in [-0.4, -0.2) is 5.11 Å².